The van der Waals surface area contributed by atoms with Gasteiger partial charge >= 0.3 is 5.97 Å². The zero-order valence-electron chi connectivity index (χ0n) is 10.9. The highest BCUT2D eigenvalue weighted by atomic mass is 16.4. The minimum absolute atomic E-state index is 0.00935. The molecule has 20 heavy (non-hydrogen) atoms. The van der Waals surface area contributed by atoms with E-state index in [1.54, 1.807) is 6.07 Å². The summed E-state index contributed by atoms with van der Waals surface area (Å²) in [6.07, 6.45) is 1.72. The van der Waals surface area contributed by atoms with Gasteiger partial charge in [0, 0.05) is 13.1 Å². The highest BCUT2D eigenvalue weighted by Crippen LogP contribution is 2.33. The number of nitrogens with one attached hydrogen (secondary N) is 1. The van der Waals surface area contributed by atoms with Gasteiger partial charge in [0.1, 0.15) is 0 Å². The summed E-state index contributed by atoms with van der Waals surface area (Å²) in [6.45, 7) is 1.29. The molecule has 0 saturated carbocycles. The molecule has 0 aromatic carbocycles. The Labute approximate surface area is 115 Å². The first-order valence-corrected chi connectivity index (χ1v) is 6.62. The first-order valence-electron chi connectivity index (χ1n) is 6.62. The second-order valence-electron chi connectivity index (χ2n) is 5.17. The first-order chi connectivity index (χ1) is 9.58. The number of nitrogens with zero attached hydrogens (tertiary/aromatic N) is 2. The first kappa shape index (κ1) is 12.7. The number of hydrogen-bond acceptors (Lipinski definition) is 5. The van der Waals surface area contributed by atoms with Crippen molar-refractivity contribution in [2.45, 2.75) is 18.9 Å². The van der Waals surface area contributed by atoms with Crippen molar-refractivity contribution in [3.8, 4) is 0 Å². The quantitative estimate of drug-likeness (QED) is 0.705. The minimum Gasteiger partial charge on any atom is -0.477 e. The summed E-state index contributed by atoms with van der Waals surface area (Å²) in [4.78, 5) is 28.9. The Bertz CT molecular complexity index is 575. The molecule has 0 bridgehead atoms. The van der Waals surface area contributed by atoms with Crippen molar-refractivity contribution in [1.29, 1.82) is 0 Å². The number of pyridine rings is 1. The Morgan fingerprint density at radius 2 is 2.30 bits per heavy atom. The van der Waals surface area contributed by atoms with Crippen molar-refractivity contribution in [2.24, 2.45) is 5.92 Å². The number of nitrogens with two attached hydrogens (primary N) is 1. The molecule has 4 N–H and O–H groups in total. The number of aromatic carboxylic acids is 1. The van der Waals surface area contributed by atoms with Gasteiger partial charge in [-0.25, -0.2) is 9.78 Å². The van der Waals surface area contributed by atoms with E-state index in [1.807, 2.05) is 4.90 Å². The fraction of sp³-hybridized carbons (Fsp3) is 0.462. The molecule has 3 rings (SSSR count). The Hall–Kier alpha value is -2.31. The van der Waals surface area contributed by atoms with Crippen LogP contribution in [0, 0.1) is 5.92 Å². The van der Waals surface area contributed by atoms with Crippen LogP contribution in [-0.2, 0) is 4.79 Å². The fourth-order valence-electron chi connectivity index (χ4n) is 3.02. The summed E-state index contributed by atoms with van der Waals surface area (Å²) in [6, 6.07) is 2.95. The number of piperidine rings is 1. The summed E-state index contributed by atoms with van der Waals surface area (Å²) in [5, 5.41) is 11.9. The average molecular weight is 276 g/mol. The van der Waals surface area contributed by atoms with Crippen molar-refractivity contribution in [3.05, 3.63) is 17.8 Å². The maximum absolute atomic E-state index is 11.8. The molecular formula is C13H16N4O3. The second kappa shape index (κ2) is 4.66. The Morgan fingerprint density at radius 1 is 1.50 bits per heavy atom. The summed E-state index contributed by atoms with van der Waals surface area (Å²) < 4.78 is 0. The molecule has 3 heterocycles. The van der Waals surface area contributed by atoms with E-state index in [0.717, 1.165) is 19.4 Å². The number of carboxylic acid groups (broad SMARTS) is 1. The number of hydrogen-bond donors (Lipinski definition) is 3. The van der Waals surface area contributed by atoms with E-state index in [0.29, 0.717) is 18.1 Å². The number of rotatable bonds is 2. The number of nitrogen functional groups attached to an aromatic ring is 1. The minimum atomic E-state index is -1.08. The van der Waals surface area contributed by atoms with Crippen molar-refractivity contribution < 1.29 is 14.7 Å². The molecule has 0 aliphatic carbocycles. The lowest BCUT2D eigenvalue weighted by atomic mass is 9.91. The van der Waals surface area contributed by atoms with Crippen LogP contribution < -0.4 is 16.0 Å². The van der Waals surface area contributed by atoms with E-state index in [-0.39, 0.29) is 23.6 Å². The zero-order chi connectivity index (χ0) is 14.3. The monoisotopic (exact) mass is 276 g/mol. The molecule has 2 aliphatic heterocycles. The van der Waals surface area contributed by atoms with Crippen LogP contribution >= 0.6 is 0 Å². The van der Waals surface area contributed by atoms with Gasteiger partial charge in [0.15, 0.2) is 11.5 Å². The maximum atomic E-state index is 11.8. The average Bonchev–Trinajstić information content (AvgIpc) is 2.81. The van der Waals surface area contributed by atoms with Crippen LogP contribution in [-0.4, -0.2) is 41.1 Å². The van der Waals surface area contributed by atoms with E-state index in [1.165, 1.54) is 6.07 Å². The van der Waals surface area contributed by atoms with Crippen molar-refractivity contribution >= 4 is 23.4 Å². The summed E-state index contributed by atoms with van der Waals surface area (Å²) in [5.41, 5.74) is 6.34. The Balaban J connectivity index is 1.97. The number of anilines is 2. The normalized spacial score (nSPS) is 25.2. The van der Waals surface area contributed by atoms with Gasteiger partial charge < -0.3 is 21.1 Å². The van der Waals surface area contributed by atoms with E-state index in [9.17, 15) is 9.59 Å². The van der Waals surface area contributed by atoms with Crippen LogP contribution in [0.4, 0.5) is 11.5 Å². The predicted molar refractivity (Wildman–Crippen MR) is 72.5 cm³/mol. The topological polar surface area (TPSA) is 109 Å². The molecule has 1 amide bonds. The molecule has 1 aromatic heterocycles. The van der Waals surface area contributed by atoms with E-state index in [2.05, 4.69) is 10.3 Å². The number of amides is 1. The van der Waals surface area contributed by atoms with E-state index < -0.39 is 5.97 Å². The Morgan fingerprint density at radius 3 is 3.05 bits per heavy atom. The van der Waals surface area contributed by atoms with Crippen LogP contribution in [0.15, 0.2) is 12.1 Å². The molecule has 0 radical (unpaired) electrons. The maximum Gasteiger partial charge on any atom is 0.354 e. The van der Waals surface area contributed by atoms with E-state index in [4.69, 9.17) is 10.8 Å². The molecule has 2 aliphatic rings. The predicted octanol–water partition coefficient (Wildman–Crippen LogP) is 0.0768. The number of carboxylic acids is 1. The zero-order valence-corrected chi connectivity index (χ0v) is 10.9. The van der Waals surface area contributed by atoms with Gasteiger partial charge in [-0.2, -0.15) is 0 Å². The summed E-state index contributed by atoms with van der Waals surface area (Å²) in [5.74, 6) is -0.609. The third-order valence-electron chi connectivity index (χ3n) is 4.00. The Kier molecular flexibility index (Phi) is 2.96. The lowest BCUT2D eigenvalue weighted by Gasteiger charge is -2.37. The summed E-state index contributed by atoms with van der Waals surface area (Å²) in [7, 11) is 0. The van der Waals surface area contributed by atoms with Gasteiger partial charge in [0.25, 0.3) is 0 Å². The molecule has 2 unspecified atom stereocenters. The van der Waals surface area contributed by atoms with Gasteiger partial charge in [-0.3, -0.25) is 4.79 Å². The van der Waals surface area contributed by atoms with Crippen molar-refractivity contribution in [3.63, 3.8) is 0 Å². The molecule has 1 aromatic rings. The molecule has 0 spiro atoms. The van der Waals surface area contributed by atoms with Gasteiger partial charge in [-0.15, -0.1) is 0 Å². The third-order valence-corrected chi connectivity index (χ3v) is 4.00. The molecule has 2 saturated heterocycles. The van der Waals surface area contributed by atoms with Crippen LogP contribution in [0.5, 0.6) is 0 Å². The number of aromatic nitrogens is 1. The highest BCUT2D eigenvalue weighted by Gasteiger charge is 2.41. The number of carbonyl (C=O) groups excluding carboxylic acids is 1. The number of fused-ring (bicyclic) bond motifs is 1. The summed E-state index contributed by atoms with van der Waals surface area (Å²) >= 11 is 0. The third kappa shape index (κ3) is 1.95. The van der Waals surface area contributed by atoms with Crippen LogP contribution in [0.1, 0.15) is 23.3 Å². The lowest BCUT2D eigenvalue weighted by Crippen LogP contribution is -2.46. The van der Waals surface area contributed by atoms with Crippen molar-refractivity contribution in [2.75, 3.05) is 23.7 Å². The SMILES string of the molecule is Nc1ccc(C(=O)O)nc1N1CCCC2C(=O)NCC21. The largest absolute Gasteiger partial charge is 0.477 e. The van der Waals surface area contributed by atoms with Gasteiger partial charge in [-0.1, -0.05) is 0 Å². The van der Waals surface area contributed by atoms with Crippen molar-refractivity contribution in [1.82, 2.24) is 10.3 Å². The lowest BCUT2D eigenvalue weighted by molar-refractivity contribution is -0.123. The van der Waals surface area contributed by atoms with E-state index >= 15 is 0 Å². The van der Waals surface area contributed by atoms with Crippen LogP contribution in [0.3, 0.4) is 0 Å². The smallest absolute Gasteiger partial charge is 0.354 e. The molecule has 2 fully saturated rings. The highest BCUT2D eigenvalue weighted by molar-refractivity contribution is 5.87. The molecule has 7 heteroatoms. The van der Waals surface area contributed by atoms with Gasteiger partial charge in [0.2, 0.25) is 5.91 Å². The molecule has 106 valence electrons. The molecular weight excluding hydrogens is 260 g/mol. The standard InChI is InChI=1S/C13H16N4O3/c14-8-3-4-9(13(19)20)16-11(8)17-5-1-2-7-10(17)6-15-12(7)18/h3-4,7,10H,1-2,5-6,14H2,(H,15,18)(H,19,20). The number of carbonyl (C=O) groups is 2. The van der Waals surface area contributed by atoms with Gasteiger partial charge in [0.05, 0.1) is 17.6 Å². The second-order valence-corrected chi connectivity index (χ2v) is 5.17. The van der Waals surface area contributed by atoms with Gasteiger partial charge in [-0.05, 0) is 25.0 Å². The molecule has 2 atom stereocenters. The fourth-order valence-corrected chi connectivity index (χ4v) is 3.02. The van der Waals surface area contributed by atoms with Crippen LogP contribution in [0.25, 0.3) is 0 Å². The molecule has 7 nitrogen and oxygen atoms in total. The van der Waals surface area contributed by atoms with Crippen LogP contribution in [0.2, 0.25) is 0 Å².